The lowest BCUT2D eigenvalue weighted by Gasteiger charge is -2.14. The summed E-state index contributed by atoms with van der Waals surface area (Å²) in [4.78, 5) is 38.7. The van der Waals surface area contributed by atoms with Gasteiger partial charge < -0.3 is 15.5 Å². The highest BCUT2D eigenvalue weighted by molar-refractivity contribution is 6.47. The molecule has 0 bridgehead atoms. The molecular weight excluding hydrogens is 306 g/mol. The lowest BCUT2D eigenvalue weighted by Crippen LogP contribution is -2.32. The quantitative estimate of drug-likeness (QED) is 0.666. The van der Waals surface area contributed by atoms with Crippen LogP contribution in [-0.4, -0.2) is 31.7 Å². The Balaban J connectivity index is 1.80. The highest BCUT2D eigenvalue weighted by atomic mass is 16.2. The van der Waals surface area contributed by atoms with Gasteiger partial charge in [-0.15, -0.1) is 0 Å². The van der Waals surface area contributed by atoms with Crippen LogP contribution in [0.2, 0.25) is 0 Å². The van der Waals surface area contributed by atoms with E-state index in [1.807, 2.05) is 25.1 Å². The summed E-state index contributed by atoms with van der Waals surface area (Å²) in [7, 11) is 3.76. The van der Waals surface area contributed by atoms with E-state index in [1.165, 1.54) is 0 Å². The first-order valence-corrected chi connectivity index (χ1v) is 7.50. The Labute approximate surface area is 139 Å². The van der Waals surface area contributed by atoms with Gasteiger partial charge in [-0.2, -0.15) is 0 Å². The van der Waals surface area contributed by atoms with E-state index >= 15 is 0 Å². The van der Waals surface area contributed by atoms with Crippen LogP contribution in [0.25, 0.3) is 0 Å². The molecule has 2 aromatic carbocycles. The second-order valence-electron chi connectivity index (χ2n) is 5.77. The van der Waals surface area contributed by atoms with E-state index in [9.17, 15) is 14.4 Å². The van der Waals surface area contributed by atoms with E-state index < -0.39 is 23.5 Å². The fraction of sp³-hybridized carbons (Fsp3) is 0.167. The van der Waals surface area contributed by atoms with Gasteiger partial charge in [0, 0.05) is 31.2 Å². The number of para-hydroxylation sites is 1. The standard InChI is InChI=1S/C18H17N3O3/c1-21(2)12-7-5-6-11(10-12)19-18(24)16(22)15-13-8-3-4-9-14(13)20-17(15)23/h3-10,15H,1-2H3,(H,19,24)(H,20,23)/t15-/m1/s1. The van der Waals surface area contributed by atoms with Crippen LogP contribution in [-0.2, 0) is 14.4 Å². The number of fused-ring (bicyclic) bond motifs is 1. The number of nitrogens with one attached hydrogen (secondary N) is 2. The first-order valence-electron chi connectivity index (χ1n) is 7.50. The Kier molecular flexibility index (Phi) is 4.04. The second-order valence-corrected chi connectivity index (χ2v) is 5.77. The van der Waals surface area contributed by atoms with Gasteiger partial charge in [0.15, 0.2) is 0 Å². The molecule has 6 heteroatoms. The third-order valence-electron chi connectivity index (χ3n) is 3.90. The minimum Gasteiger partial charge on any atom is -0.378 e. The van der Waals surface area contributed by atoms with Gasteiger partial charge in [-0.1, -0.05) is 24.3 Å². The minimum atomic E-state index is -1.10. The number of hydrogen-bond acceptors (Lipinski definition) is 4. The van der Waals surface area contributed by atoms with E-state index in [1.54, 1.807) is 42.5 Å². The summed E-state index contributed by atoms with van der Waals surface area (Å²) in [6.45, 7) is 0. The van der Waals surface area contributed by atoms with Crippen molar-refractivity contribution in [2.45, 2.75) is 5.92 Å². The predicted molar refractivity (Wildman–Crippen MR) is 92.2 cm³/mol. The highest BCUT2D eigenvalue weighted by Crippen LogP contribution is 2.33. The van der Waals surface area contributed by atoms with Crippen molar-refractivity contribution < 1.29 is 14.4 Å². The average Bonchev–Trinajstić information content (AvgIpc) is 2.90. The first-order chi connectivity index (χ1) is 11.5. The zero-order valence-electron chi connectivity index (χ0n) is 13.4. The lowest BCUT2D eigenvalue weighted by molar-refractivity contribution is -0.138. The molecule has 0 aliphatic carbocycles. The van der Waals surface area contributed by atoms with Crippen molar-refractivity contribution in [3.63, 3.8) is 0 Å². The van der Waals surface area contributed by atoms with Gasteiger partial charge in [0.25, 0.3) is 5.91 Å². The largest absolute Gasteiger partial charge is 0.378 e. The highest BCUT2D eigenvalue weighted by Gasteiger charge is 2.39. The summed E-state index contributed by atoms with van der Waals surface area (Å²) in [5, 5.41) is 5.19. The molecule has 6 nitrogen and oxygen atoms in total. The molecule has 0 unspecified atom stereocenters. The Morgan fingerprint density at radius 3 is 2.58 bits per heavy atom. The topological polar surface area (TPSA) is 78.5 Å². The molecular formula is C18H17N3O3. The van der Waals surface area contributed by atoms with Crippen molar-refractivity contribution in [2.75, 3.05) is 29.6 Å². The monoisotopic (exact) mass is 323 g/mol. The fourth-order valence-corrected chi connectivity index (χ4v) is 2.65. The summed E-state index contributed by atoms with van der Waals surface area (Å²) in [6.07, 6.45) is 0. The average molecular weight is 323 g/mol. The molecule has 0 radical (unpaired) electrons. The fourth-order valence-electron chi connectivity index (χ4n) is 2.65. The van der Waals surface area contributed by atoms with Gasteiger partial charge >= 0.3 is 0 Å². The molecule has 0 saturated carbocycles. The summed E-state index contributed by atoms with van der Waals surface area (Å²) >= 11 is 0. The number of ketones is 1. The van der Waals surface area contributed by atoms with Crippen LogP contribution >= 0.6 is 0 Å². The molecule has 3 rings (SSSR count). The van der Waals surface area contributed by atoms with E-state index in [0.29, 0.717) is 16.9 Å². The number of rotatable bonds is 4. The molecule has 122 valence electrons. The number of benzene rings is 2. The number of carbonyl (C=O) groups excluding carboxylic acids is 3. The smallest absolute Gasteiger partial charge is 0.292 e. The molecule has 1 aliphatic heterocycles. The van der Waals surface area contributed by atoms with Crippen LogP contribution in [0.5, 0.6) is 0 Å². The van der Waals surface area contributed by atoms with E-state index in [4.69, 9.17) is 0 Å². The Hall–Kier alpha value is -3.15. The number of amides is 2. The summed E-state index contributed by atoms with van der Waals surface area (Å²) in [6, 6.07) is 14.0. The number of nitrogens with zero attached hydrogens (tertiary/aromatic N) is 1. The first kappa shape index (κ1) is 15.7. The van der Waals surface area contributed by atoms with Crippen LogP contribution in [0.1, 0.15) is 11.5 Å². The van der Waals surface area contributed by atoms with E-state index in [-0.39, 0.29) is 0 Å². The predicted octanol–water partition coefficient (Wildman–Crippen LogP) is 2.00. The summed E-state index contributed by atoms with van der Waals surface area (Å²) in [5.41, 5.74) is 2.50. The molecule has 2 aromatic rings. The Morgan fingerprint density at radius 2 is 1.83 bits per heavy atom. The maximum Gasteiger partial charge on any atom is 0.292 e. The normalized spacial score (nSPS) is 15.4. The third kappa shape index (κ3) is 2.86. The van der Waals surface area contributed by atoms with Gasteiger partial charge in [-0.25, -0.2) is 0 Å². The number of Topliss-reactive ketones (excluding diaryl/α,β-unsaturated/α-hetero) is 1. The molecule has 0 spiro atoms. The van der Waals surface area contributed by atoms with Crippen molar-refractivity contribution in [1.29, 1.82) is 0 Å². The molecule has 2 amide bonds. The molecule has 0 saturated heterocycles. The molecule has 0 aromatic heterocycles. The van der Waals surface area contributed by atoms with Gasteiger partial charge in [-0.05, 0) is 29.8 Å². The second kappa shape index (κ2) is 6.16. The van der Waals surface area contributed by atoms with Crippen LogP contribution < -0.4 is 15.5 Å². The van der Waals surface area contributed by atoms with Crippen molar-refractivity contribution >= 4 is 34.7 Å². The Bertz CT molecular complexity index is 830. The van der Waals surface area contributed by atoms with Gasteiger partial charge in [0.1, 0.15) is 5.92 Å². The van der Waals surface area contributed by atoms with Gasteiger partial charge in [0.2, 0.25) is 11.7 Å². The van der Waals surface area contributed by atoms with Crippen molar-refractivity contribution in [2.24, 2.45) is 0 Å². The SMILES string of the molecule is CN(C)c1cccc(NC(=O)C(=O)[C@@H]2C(=O)Nc3ccccc32)c1. The summed E-state index contributed by atoms with van der Waals surface area (Å²) in [5.74, 6) is -3.15. The third-order valence-corrected chi connectivity index (χ3v) is 3.90. The van der Waals surface area contributed by atoms with Gasteiger partial charge in [-0.3, -0.25) is 14.4 Å². The van der Waals surface area contributed by atoms with Crippen molar-refractivity contribution in [1.82, 2.24) is 0 Å². The van der Waals surface area contributed by atoms with Crippen LogP contribution in [0, 0.1) is 0 Å². The molecule has 24 heavy (non-hydrogen) atoms. The maximum absolute atomic E-state index is 12.5. The zero-order chi connectivity index (χ0) is 17.3. The molecule has 2 N–H and O–H groups in total. The molecule has 0 fully saturated rings. The van der Waals surface area contributed by atoms with E-state index in [2.05, 4.69) is 10.6 Å². The number of carbonyl (C=O) groups is 3. The Morgan fingerprint density at radius 1 is 1.08 bits per heavy atom. The summed E-state index contributed by atoms with van der Waals surface area (Å²) < 4.78 is 0. The van der Waals surface area contributed by atoms with Gasteiger partial charge in [0.05, 0.1) is 0 Å². The minimum absolute atomic E-state index is 0.474. The maximum atomic E-state index is 12.5. The molecule has 1 heterocycles. The molecule has 1 aliphatic rings. The van der Waals surface area contributed by atoms with Crippen LogP contribution in [0.4, 0.5) is 17.1 Å². The van der Waals surface area contributed by atoms with E-state index in [0.717, 1.165) is 5.69 Å². The van der Waals surface area contributed by atoms with Crippen LogP contribution in [0.15, 0.2) is 48.5 Å². The number of anilines is 3. The van der Waals surface area contributed by atoms with Crippen LogP contribution in [0.3, 0.4) is 0 Å². The zero-order valence-corrected chi connectivity index (χ0v) is 13.4. The van der Waals surface area contributed by atoms with Crippen molar-refractivity contribution in [3.05, 3.63) is 54.1 Å². The van der Waals surface area contributed by atoms with Crippen molar-refractivity contribution in [3.8, 4) is 0 Å². The lowest BCUT2D eigenvalue weighted by atomic mass is 9.95. The molecule has 1 atom stereocenters. The number of hydrogen-bond donors (Lipinski definition) is 2.